The van der Waals surface area contributed by atoms with Crippen LogP contribution in [0.1, 0.15) is 60.8 Å². The Labute approximate surface area is 110 Å². The Morgan fingerprint density at radius 3 is 2.56 bits per heavy atom. The Bertz CT molecular complexity index is 340. The molecule has 0 saturated heterocycles. The highest BCUT2D eigenvalue weighted by molar-refractivity contribution is 5.86. The molecule has 0 spiro atoms. The largest absolute Gasteiger partial charge is 0.443 e. The Morgan fingerprint density at radius 2 is 2.06 bits per heavy atom. The van der Waals surface area contributed by atoms with Crippen molar-refractivity contribution < 1.29 is 9.53 Å². The minimum absolute atomic E-state index is 0.270. The highest BCUT2D eigenvalue weighted by atomic mass is 16.6. The first kappa shape index (κ1) is 15.0. The van der Waals surface area contributed by atoms with E-state index < -0.39 is 11.7 Å². The van der Waals surface area contributed by atoms with E-state index >= 15 is 0 Å². The molecule has 1 aliphatic rings. The number of amides is 1. The van der Waals surface area contributed by atoms with Crippen molar-refractivity contribution in [3.63, 3.8) is 0 Å². The van der Waals surface area contributed by atoms with Crippen molar-refractivity contribution in [3.8, 4) is 0 Å². The summed E-state index contributed by atoms with van der Waals surface area (Å²) in [6, 6.07) is 0. The smallest absolute Gasteiger partial charge is 0.428 e. The summed E-state index contributed by atoms with van der Waals surface area (Å²) in [4.78, 5) is 11.5. The maximum atomic E-state index is 11.5. The van der Waals surface area contributed by atoms with E-state index in [0.717, 1.165) is 18.6 Å². The topological polar surface area (TPSA) is 50.7 Å². The van der Waals surface area contributed by atoms with Crippen LogP contribution in [0.15, 0.2) is 5.10 Å². The lowest BCUT2D eigenvalue weighted by Gasteiger charge is -2.34. The van der Waals surface area contributed by atoms with Crippen molar-refractivity contribution in [3.05, 3.63) is 0 Å². The summed E-state index contributed by atoms with van der Waals surface area (Å²) in [6.07, 6.45) is 2.62. The first-order valence-corrected chi connectivity index (χ1v) is 6.62. The Hall–Kier alpha value is -1.06. The van der Waals surface area contributed by atoms with Crippen molar-refractivity contribution in [2.75, 3.05) is 0 Å². The molecule has 1 aliphatic carbocycles. The number of nitrogens with one attached hydrogen (secondary N) is 1. The zero-order valence-electron chi connectivity index (χ0n) is 12.5. The molecule has 4 nitrogen and oxygen atoms in total. The van der Waals surface area contributed by atoms with Gasteiger partial charge in [-0.1, -0.05) is 20.8 Å². The fourth-order valence-electron chi connectivity index (χ4n) is 2.63. The van der Waals surface area contributed by atoms with Gasteiger partial charge in [-0.2, -0.15) is 5.10 Å². The van der Waals surface area contributed by atoms with E-state index in [-0.39, 0.29) is 5.41 Å². The molecular formula is C14H26N2O2. The van der Waals surface area contributed by atoms with Gasteiger partial charge in [0.1, 0.15) is 5.60 Å². The molecule has 104 valence electrons. The van der Waals surface area contributed by atoms with Crippen LogP contribution in [0, 0.1) is 11.3 Å². The monoisotopic (exact) mass is 254 g/mol. The van der Waals surface area contributed by atoms with Crippen LogP contribution < -0.4 is 5.43 Å². The van der Waals surface area contributed by atoms with E-state index in [1.807, 2.05) is 20.8 Å². The second-order valence-electron chi connectivity index (χ2n) is 7.15. The number of carbonyl (C=O) groups is 1. The van der Waals surface area contributed by atoms with Gasteiger partial charge in [0.05, 0.1) is 0 Å². The molecule has 1 fully saturated rings. The molecule has 4 heteroatoms. The van der Waals surface area contributed by atoms with Crippen LogP contribution in [-0.2, 0) is 4.74 Å². The molecule has 0 aromatic carbocycles. The average Bonchev–Trinajstić information content (AvgIpc) is 2.08. The van der Waals surface area contributed by atoms with Gasteiger partial charge < -0.3 is 4.74 Å². The van der Waals surface area contributed by atoms with Crippen LogP contribution in [-0.4, -0.2) is 17.4 Å². The first-order valence-electron chi connectivity index (χ1n) is 6.62. The van der Waals surface area contributed by atoms with E-state index in [0.29, 0.717) is 5.92 Å². The fraction of sp³-hybridized carbons (Fsp3) is 0.857. The van der Waals surface area contributed by atoms with E-state index in [1.54, 1.807) is 0 Å². The summed E-state index contributed by atoms with van der Waals surface area (Å²) < 4.78 is 5.15. The first-order chi connectivity index (χ1) is 8.07. The van der Waals surface area contributed by atoms with E-state index in [9.17, 15) is 4.79 Å². The molecule has 18 heavy (non-hydrogen) atoms. The number of carbonyl (C=O) groups excluding carboxylic acids is 1. The van der Waals surface area contributed by atoms with E-state index in [2.05, 4.69) is 31.3 Å². The SMILES string of the molecule is C[C@@H]1C/C(=N\NC(=O)OC(C)(C)C)CC(C)(C)C1. The number of hydrogen-bond acceptors (Lipinski definition) is 3. The summed E-state index contributed by atoms with van der Waals surface area (Å²) >= 11 is 0. The molecular weight excluding hydrogens is 228 g/mol. The number of hydrogen-bond donors (Lipinski definition) is 1. The third-order valence-corrected chi connectivity index (χ3v) is 2.87. The van der Waals surface area contributed by atoms with E-state index in [1.165, 1.54) is 6.42 Å². The molecule has 1 atom stereocenters. The Kier molecular flexibility index (Phi) is 4.41. The number of hydrazone groups is 1. The van der Waals surface area contributed by atoms with Gasteiger partial charge in [0, 0.05) is 5.71 Å². The van der Waals surface area contributed by atoms with Crippen molar-refractivity contribution in [1.29, 1.82) is 0 Å². The highest BCUT2D eigenvalue weighted by Crippen LogP contribution is 2.36. The molecule has 0 radical (unpaired) electrons. The van der Waals surface area contributed by atoms with Gasteiger partial charge in [-0.05, 0) is 51.4 Å². The molecule has 0 heterocycles. The number of rotatable bonds is 1. The molecule has 1 amide bonds. The van der Waals surface area contributed by atoms with Crippen LogP contribution in [0.4, 0.5) is 4.79 Å². The van der Waals surface area contributed by atoms with Crippen molar-refractivity contribution in [1.82, 2.24) is 5.43 Å². The minimum Gasteiger partial charge on any atom is -0.443 e. The van der Waals surface area contributed by atoms with E-state index in [4.69, 9.17) is 4.74 Å². The predicted octanol–water partition coefficient (Wildman–Crippen LogP) is 3.71. The van der Waals surface area contributed by atoms with Crippen LogP contribution in [0.25, 0.3) is 0 Å². The van der Waals surface area contributed by atoms with Crippen LogP contribution in [0.5, 0.6) is 0 Å². The lowest BCUT2D eigenvalue weighted by atomic mass is 9.72. The van der Waals surface area contributed by atoms with Crippen molar-refractivity contribution in [2.24, 2.45) is 16.4 Å². The molecule has 0 aromatic rings. The Morgan fingerprint density at radius 1 is 1.44 bits per heavy atom. The zero-order valence-corrected chi connectivity index (χ0v) is 12.5. The molecule has 0 bridgehead atoms. The molecule has 0 aromatic heterocycles. The molecule has 1 saturated carbocycles. The zero-order chi connectivity index (χ0) is 14.0. The number of nitrogens with zero attached hydrogens (tertiary/aromatic N) is 1. The third kappa shape index (κ3) is 5.52. The van der Waals surface area contributed by atoms with Gasteiger partial charge >= 0.3 is 6.09 Å². The average molecular weight is 254 g/mol. The predicted molar refractivity (Wildman–Crippen MR) is 73.6 cm³/mol. The second-order valence-corrected chi connectivity index (χ2v) is 7.15. The van der Waals surface area contributed by atoms with Gasteiger partial charge in [0.15, 0.2) is 0 Å². The van der Waals surface area contributed by atoms with Crippen LogP contribution in [0.2, 0.25) is 0 Å². The summed E-state index contributed by atoms with van der Waals surface area (Å²) in [5.41, 5.74) is 3.34. The lowest BCUT2D eigenvalue weighted by Crippen LogP contribution is -2.33. The standard InChI is InChI=1S/C14H26N2O2/c1-10-7-11(9-14(5,6)8-10)15-16-12(17)18-13(2,3)4/h10H,7-9H2,1-6H3,(H,16,17)/b15-11+/t10-/m1/s1. The summed E-state index contributed by atoms with van der Waals surface area (Å²) in [6.45, 7) is 12.2. The quantitative estimate of drug-likeness (QED) is 0.725. The maximum absolute atomic E-state index is 11.5. The van der Waals surface area contributed by atoms with Gasteiger partial charge in [-0.15, -0.1) is 0 Å². The van der Waals surface area contributed by atoms with Gasteiger partial charge in [0.25, 0.3) is 0 Å². The van der Waals surface area contributed by atoms with Gasteiger partial charge in [-0.25, -0.2) is 10.2 Å². The molecule has 0 unspecified atom stereocenters. The third-order valence-electron chi connectivity index (χ3n) is 2.87. The van der Waals surface area contributed by atoms with Crippen LogP contribution >= 0.6 is 0 Å². The fourth-order valence-corrected chi connectivity index (χ4v) is 2.63. The summed E-state index contributed by atoms with van der Waals surface area (Å²) in [5.74, 6) is 0.618. The van der Waals surface area contributed by atoms with Gasteiger partial charge in [0.2, 0.25) is 0 Å². The molecule has 0 aliphatic heterocycles. The highest BCUT2D eigenvalue weighted by Gasteiger charge is 2.29. The minimum atomic E-state index is -0.483. The second kappa shape index (κ2) is 5.29. The van der Waals surface area contributed by atoms with Crippen molar-refractivity contribution in [2.45, 2.75) is 66.4 Å². The molecule has 1 N–H and O–H groups in total. The summed E-state index contributed by atoms with van der Waals surface area (Å²) in [7, 11) is 0. The Balaban J connectivity index is 2.54. The molecule has 1 rings (SSSR count). The normalized spacial score (nSPS) is 25.9. The summed E-state index contributed by atoms with van der Waals surface area (Å²) in [5, 5.41) is 4.21. The maximum Gasteiger partial charge on any atom is 0.428 e. The number of ether oxygens (including phenoxy) is 1. The van der Waals surface area contributed by atoms with Gasteiger partial charge in [-0.3, -0.25) is 0 Å². The van der Waals surface area contributed by atoms with Crippen LogP contribution in [0.3, 0.4) is 0 Å². The van der Waals surface area contributed by atoms with Crippen molar-refractivity contribution >= 4 is 11.8 Å². The lowest BCUT2D eigenvalue weighted by molar-refractivity contribution is 0.0528.